The van der Waals surface area contributed by atoms with Crippen LogP contribution in [0.2, 0.25) is 0 Å². The van der Waals surface area contributed by atoms with Crippen molar-refractivity contribution in [3.05, 3.63) is 0 Å². The molecule has 2 saturated carbocycles. The SMILES string of the molecule is NC(=O)N1CC(CC(O)C2CC2)CC(NC2CC2)C1. The highest BCUT2D eigenvalue weighted by molar-refractivity contribution is 5.72. The molecule has 4 N–H and O–H groups in total. The number of likely N-dealkylation sites (tertiary alicyclic amines) is 1. The Morgan fingerprint density at radius 3 is 2.58 bits per heavy atom. The van der Waals surface area contributed by atoms with Gasteiger partial charge in [-0.05, 0) is 50.4 Å². The summed E-state index contributed by atoms with van der Waals surface area (Å²) in [6.45, 7) is 1.43. The minimum atomic E-state index is -0.326. The number of nitrogens with one attached hydrogen (secondary N) is 1. The topological polar surface area (TPSA) is 78.6 Å². The number of nitrogens with two attached hydrogens (primary N) is 1. The van der Waals surface area contributed by atoms with E-state index in [4.69, 9.17) is 5.73 Å². The van der Waals surface area contributed by atoms with Crippen molar-refractivity contribution >= 4 is 6.03 Å². The Labute approximate surface area is 114 Å². The van der Waals surface area contributed by atoms with Crippen LogP contribution in [-0.2, 0) is 0 Å². The number of urea groups is 1. The summed E-state index contributed by atoms with van der Waals surface area (Å²) in [5, 5.41) is 13.7. The van der Waals surface area contributed by atoms with E-state index in [2.05, 4.69) is 5.32 Å². The van der Waals surface area contributed by atoms with Crippen LogP contribution in [0.5, 0.6) is 0 Å². The fourth-order valence-corrected chi connectivity index (χ4v) is 3.27. The number of hydrogen-bond acceptors (Lipinski definition) is 3. The molecule has 3 atom stereocenters. The number of piperidine rings is 1. The van der Waals surface area contributed by atoms with Crippen molar-refractivity contribution in [3.63, 3.8) is 0 Å². The summed E-state index contributed by atoms with van der Waals surface area (Å²) in [6, 6.07) is 0.671. The quantitative estimate of drug-likeness (QED) is 0.685. The lowest BCUT2D eigenvalue weighted by Crippen LogP contribution is -2.53. The van der Waals surface area contributed by atoms with Crippen molar-refractivity contribution in [2.75, 3.05) is 13.1 Å². The molecule has 0 bridgehead atoms. The number of carbonyl (C=O) groups excluding carboxylic acids is 1. The largest absolute Gasteiger partial charge is 0.393 e. The Bertz CT molecular complexity index is 342. The summed E-state index contributed by atoms with van der Waals surface area (Å²) in [7, 11) is 0. The zero-order valence-corrected chi connectivity index (χ0v) is 11.4. The molecule has 5 nitrogen and oxygen atoms in total. The van der Waals surface area contributed by atoms with Gasteiger partial charge in [-0.1, -0.05) is 0 Å². The van der Waals surface area contributed by atoms with Crippen molar-refractivity contribution in [1.29, 1.82) is 0 Å². The number of aliphatic hydroxyl groups is 1. The summed E-state index contributed by atoms with van der Waals surface area (Å²) in [4.78, 5) is 13.2. The van der Waals surface area contributed by atoms with Crippen LogP contribution < -0.4 is 11.1 Å². The summed E-state index contributed by atoms with van der Waals surface area (Å²) in [6.07, 6.45) is 6.53. The van der Waals surface area contributed by atoms with E-state index in [1.807, 2.05) is 0 Å². The second-order valence-corrected chi connectivity index (χ2v) is 6.62. The van der Waals surface area contributed by atoms with Crippen LogP contribution >= 0.6 is 0 Å². The molecule has 0 radical (unpaired) electrons. The average molecular weight is 267 g/mol. The molecule has 3 rings (SSSR count). The Balaban J connectivity index is 1.55. The molecule has 5 heteroatoms. The highest BCUT2D eigenvalue weighted by atomic mass is 16.3. The van der Waals surface area contributed by atoms with Crippen molar-refractivity contribution in [2.45, 2.75) is 56.7 Å². The summed E-state index contributed by atoms with van der Waals surface area (Å²) in [5.41, 5.74) is 5.44. The van der Waals surface area contributed by atoms with Crippen LogP contribution in [0.1, 0.15) is 38.5 Å². The van der Waals surface area contributed by atoms with E-state index in [1.54, 1.807) is 4.90 Å². The fourth-order valence-electron chi connectivity index (χ4n) is 3.27. The minimum absolute atomic E-state index is 0.181. The van der Waals surface area contributed by atoms with Crippen LogP contribution in [0.4, 0.5) is 4.79 Å². The van der Waals surface area contributed by atoms with Gasteiger partial charge in [0.05, 0.1) is 6.10 Å². The number of carbonyl (C=O) groups is 1. The van der Waals surface area contributed by atoms with Gasteiger partial charge in [-0.2, -0.15) is 0 Å². The molecule has 1 aliphatic heterocycles. The Morgan fingerprint density at radius 1 is 1.26 bits per heavy atom. The van der Waals surface area contributed by atoms with Crippen LogP contribution in [0, 0.1) is 11.8 Å². The second-order valence-electron chi connectivity index (χ2n) is 6.62. The standard InChI is InChI=1S/C14H25N3O2/c15-14(19)17-7-9(6-13(18)10-1-2-10)5-12(8-17)16-11-3-4-11/h9-13,16,18H,1-8H2,(H2,15,19). The molecule has 19 heavy (non-hydrogen) atoms. The maximum absolute atomic E-state index is 11.4. The van der Waals surface area contributed by atoms with Gasteiger partial charge in [-0.25, -0.2) is 4.79 Å². The molecule has 3 unspecified atom stereocenters. The number of aliphatic hydroxyl groups excluding tert-OH is 1. The van der Waals surface area contributed by atoms with Crippen molar-refractivity contribution in [2.24, 2.45) is 17.6 Å². The van der Waals surface area contributed by atoms with Crippen LogP contribution in [-0.4, -0.2) is 47.3 Å². The predicted molar refractivity (Wildman–Crippen MR) is 72.6 cm³/mol. The lowest BCUT2D eigenvalue weighted by Gasteiger charge is -2.38. The number of amides is 2. The monoisotopic (exact) mass is 267 g/mol. The predicted octanol–water partition coefficient (Wildman–Crippen LogP) is 0.669. The summed E-state index contributed by atoms with van der Waals surface area (Å²) in [5.74, 6) is 0.895. The van der Waals surface area contributed by atoms with Gasteiger partial charge in [-0.15, -0.1) is 0 Å². The van der Waals surface area contributed by atoms with Gasteiger partial charge in [0.15, 0.2) is 0 Å². The number of rotatable bonds is 5. The first-order chi connectivity index (χ1) is 9.11. The molecule has 1 heterocycles. The van der Waals surface area contributed by atoms with E-state index >= 15 is 0 Å². The first-order valence-electron chi connectivity index (χ1n) is 7.60. The van der Waals surface area contributed by atoms with Gasteiger partial charge in [0.2, 0.25) is 0 Å². The van der Waals surface area contributed by atoms with Gasteiger partial charge in [0, 0.05) is 25.2 Å². The number of primary amides is 1. The molecule has 0 aromatic heterocycles. The number of nitrogens with zero attached hydrogens (tertiary/aromatic N) is 1. The molecule has 2 amide bonds. The third-order valence-electron chi connectivity index (χ3n) is 4.64. The Hall–Kier alpha value is -0.810. The first-order valence-corrected chi connectivity index (χ1v) is 7.60. The molecule has 3 fully saturated rings. The molecule has 1 saturated heterocycles. The van der Waals surface area contributed by atoms with Crippen molar-refractivity contribution < 1.29 is 9.90 Å². The maximum Gasteiger partial charge on any atom is 0.314 e. The molecule has 2 aliphatic carbocycles. The molecule has 0 aromatic rings. The van der Waals surface area contributed by atoms with Crippen LogP contribution in [0.25, 0.3) is 0 Å². The Morgan fingerprint density at radius 2 is 2.00 bits per heavy atom. The van der Waals surface area contributed by atoms with E-state index in [9.17, 15) is 9.90 Å². The van der Waals surface area contributed by atoms with Crippen LogP contribution in [0.15, 0.2) is 0 Å². The van der Waals surface area contributed by atoms with Gasteiger partial charge >= 0.3 is 6.03 Å². The van der Waals surface area contributed by atoms with Gasteiger partial charge < -0.3 is 21.1 Å². The maximum atomic E-state index is 11.4. The highest BCUT2D eigenvalue weighted by Crippen LogP contribution is 2.36. The fraction of sp³-hybridized carbons (Fsp3) is 0.929. The molecule has 0 spiro atoms. The van der Waals surface area contributed by atoms with Gasteiger partial charge in [0.25, 0.3) is 0 Å². The van der Waals surface area contributed by atoms with Gasteiger partial charge in [-0.3, -0.25) is 0 Å². The normalized spacial score (nSPS) is 33.2. The van der Waals surface area contributed by atoms with E-state index in [1.165, 1.54) is 12.8 Å². The lowest BCUT2D eigenvalue weighted by atomic mass is 9.88. The second kappa shape index (κ2) is 5.29. The minimum Gasteiger partial charge on any atom is -0.393 e. The summed E-state index contributed by atoms with van der Waals surface area (Å²) >= 11 is 0. The average Bonchev–Trinajstić information content (AvgIpc) is 3.22. The molecular formula is C14H25N3O2. The zero-order valence-electron chi connectivity index (χ0n) is 11.4. The van der Waals surface area contributed by atoms with E-state index < -0.39 is 0 Å². The lowest BCUT2D eigenvalue weighted by molar-refractivity contribution is 0.0851. The van der Waals surface area contributed by atoms with Crippen LogP contribution in [0.3, 0.4) is 0 Å². The zero-order chi connectivity index (χ0) is 13.4. The van der Waals surface area contributed by atoms with Crippen molar-refractivity contribution in [3.8, 4) is 0 Å². The van der Waals surface area contributed by atoms with E-state index in [0.717, 1.165) is 32.2 Å². The number of hydrogen-bond donors (Lipinski definition) is 3. The molecular weight excluding hydrogens is 242 g/mol. The third-order valence-corrected chi connectivity index (χ3v) is 4.64. The van der Waals surface area contributed by atoms with E-state index in [0.29, 0.717) is 30.5 Å². The highest BCUT2D eigenvalue weighted by Gasteiger charge is 2.36. The Kier molecular flexibility index (Phi) is 3.67. The molecule has 108 valence electrons. The van der Waals surface area contributed by atoms with Crippen molar-refractivity contribution in [1.82, 2.24) is 10.2 Å². The van der Waals surface area contributed by atoms with E-state index in [-0.39, 0.29) is 12.1 Å². The smallest absolute Gasteiger partial charge is 0.314 e. The third kappa shape index (κ3) is 3.60. The first kappa shape index (κ1) is 13.2. The molecule has 3 aliphatic rings. The van der Waals surface area contributed by atoms with Gasteiger partial charge in [0.1, 0.15) is 0 Å². The summed E-state index contributed by atoms with van der Waals surface area (Å²) < 4.78 is 0. The molecule has 0 aromatic carbocycles.